The topological polar surface area (TPSA) is 49.8 Å². The highest BCUT2D eigenvalue weighted by Crippen LogP contribution is 2.40. The van der Waals surface area contributed by atoms with Crippen LogP contribution >= 0.6 is 0 Å². The molecule has 0 unspecified atom stereocenters. The van der Waals surface area contributed by atoms with E-state index in [2.05, 4.69) is 20.6 Å². The summed E-state index contributed by atoms with van der Waals surface area (Å²) < 4.78 is 40.9. The summed E-state index contributed by atoms with van der Waals surface area (Å²) in [6.45, 7) is 0. The zero-order valence-electron chi connectivity index (χ0n) is 13.7. The summed E-state index contributed by atoms with van der Waals surface area (Å²) in [5.74, 6) is -1.78. The predicted molar refractivity (Wildman–Crippen MR) is 89.5 cm³/mol. The van der Waals surface area contributed by atoms with Crippen molar-refractivity contribution in [1.29, 1.82) is 0 Å². The van der Waals surface area contributed by atoms with Crippen molar-refractivity contribution in [2.75, 3.05) is 10.6 Å². The number of hydrogen-bond donors (Lipinski definition) is 2. The summed E-state index contributed by atoms with van der Waals surface area (Å²) in [7, 11) is 0. The van der Waals surface area contributed by atoms with Crippen LogP contribution in [-0.4, -0.2) is 16.0 Å². The maximum absolute atomic E-state index is 13.9. The lowest BCUT2D eigenvalue weighted by Crippen LogP contribution is -2.17. The van der Waals surface area contributed by atoms with E-state index in [1.807, 2.05) is 0 Å². The van der Waals surface area contributed by atoms with E-state index in [1.165, 1.54) is 12.8 Å². The van der Waals surface area contributed by atoms with Gasteiger partial charge in [-0.3, -0.25) is 0 Å². The minimum atomic E-state index is -0.991. The SMILES string of the molecule is Fc1cc(F)c(Nc2cc(C3CC3)nc(NC3CCCC3)n2)c(F)c1. The van der Waals surface area contributed by atoms with Gasteiger partial charge < -0.3 is 10.6 Å². The van der Waals surface area contributed by atoms with Gasteiger partial charge in [0.05, 0.1) is 5.69 Å². The van der Waals surface area contributed by atoms with Crippen molar-refractivity contribution in [3.63, 3.8) is 0 Å². The van der Waals surface area contributed by atoms with Crippen molar-refractivity contribution in [2.45, 2.75) is 50.5 Å². The van der Waals surface area contributed by atoms with Crippen LogP contribution in [0.3, 0.4) is 0 Å². The van der Waals surface area contributed by atoms with Gasteiger partial charge in [0, 0.05) is 30.2 Å². The highest BCUT2D eigenvalue weighted by atomic mass is 19.1. The number of hydrogen-bond acceptors (Lipinski definition) is 4. The Bertz CT molecular complexity index is 763. The van der Waals surface area contributed by atoms with Crippen LogP contribution in [0.2, 0.25) is 0 Å². The van der Waals surface area contributed by atoms with E-state index in [0.29, 0.717) is 35.9 Å². The Morgan fingerprint density at radius 2 is 1.56 bits per heavy atom. The predicted octanol–water partition coefficient (Wildman–Crippen LogP) is 4.87. The first-order chi connectivity index (χ1) is 12.1. The smallest absolute Gasteiger partial charge is 0.225 e. The standard InChI is InChI=1S/C18H19F3N4/c19-11-7-13(20)17(14(21)8-11)24-16-9-15(10-5-6-10)23-18(25-16)22-12-3-1-2-4-12/h7-10,12H,1-6H2,(H2,22,23,24,25). The molecule has 132 valence electrons. The van der Waals surface area contributed by atoms with Crippen LogP contribution in [0.4, 0.5) is 30.6 Å². The molecule has 25 heavy (non-hydrogen) atoms. The van der Waals surface area contributed by atoms with Gasteiger partial charge >= 0.3 is 0 Å². The lowest BCUT2D eigenvalue weighted by atomic mass is 10.2. The van der Waals surface area contributed by atoms with E-state index < -0.39 is 23.1 Å². The molecular formula is C18H19F3N4. The molecule has 2 aromatic rings. The molecule has 2 saturated carbocycles. The molecule has 7 heteroatoms. The molecule has 2 fully saturated rings. The molecule has 0 bridgehead atoms. The number of benzene rings is 1. The van der Waals surface area contributed by atoms with Gasteiger partial charge in [-0.15, -0.1) is 0 Å². The van der Waals surface area contributed by atoms with Crippen LogP contribution in [0.25, 0.3) is 0 Å². The lowest BCUT2D eigenvalue weighted by molar-refractivity contribution is 0.548. The molecule has 0 radical (unpaired) electrons. The Labute approximate surface area is 143 Å². The van der Waals surface area contributed by atoms with Gasteiger partial charge in [0.15, 0.2) is 11.6 Å². The number of halogens is 3. The molecule has 0 aliphatic heterocycles. The molecule has 1 heterocycles. The first-order valence-electron chi connectivity index (χ1n) is 8.65. The summed E-state index contributed by atoms with van der Waals surface area (Å²) in [5.41, 5.74) is 0.453. The highest BCUT2D eigenvalue weighted by Gasteiger charge is 2.27. The summed E-state index contributed by atoms with van der Waals surface area (Å²) in [6.07, 6.45) is 6.60. The van der Waals surface area contributed by atoms with Gasteiger partial charge in [0.2, 0.25) is 5.95 Å². The van der Waals surface area contributed by atoms with Crippen molar-refractivity contribution in [1.82, 2.24) is 9.97 Å². The molecular weight excluding hydrogens is 329 g/mol. The van der Waals surface area contributed by atoms with Crippen LogP contribution in [0.15, 0.2) is 18.2 Å². The zero-order valence-corrected chi connectivity index (χ0v) is 13.7. The van der Waals surface area contributed by atoms with Gasteiger partial charge in [-0.1, -0.05) is 12.8 Å². The van der Waals surface area contributed by atoms with E-state index in [9.17, 15) is 13.2 Å². The Morgan fingerprint density at radius 3 is 2.20 bits per heavy atom. The minimum Gasteiger partial charge on any atom is -0.351 e. The second-order valence-corrected chi connectivity index (χ2v) is 6.77. The first kappa shape index (κ1) is 16.2. The Morgan fingerprint density at radius 1 is 0.880 bits per heavy atom. The number of nitrogens with zero attached hydrogens (tertiary/aromatic N) is 2. The maximum atomic E-state index is 13.9. The van der Waals surface area contributed by atoms with E-state index in [1.54, 1.807) is 6.07 Å². The van der Waals surface area contributed by atoms with Crippen LogP contribution in [0.1, 0.15) is 50.1 Å². The first-order valence-corrected chi connectivity index (χ1v) is 8.65. The van der Waals surface area contributed by atoms with Crippen LogP contribution in [0.5, 0.6) is 0 Å². The molecule has 2 N–H and O–H groups in total. The van der Waals surface area contributed by atoms with Gasteiger partial charge in [-0.05, 0) is 25.7 Å². The summed E-state index contributed by atoms with van der Waals surface area (Å²) >= 11 is 0. The monoisotopic (exact) mass is 348 g/mol. The number of aromatic nitrogens is 2. The number of rotatable bonds is 5. The normalized spacial score (nSPS) is 17.7. The van der Waals surface area contributed by atoms with Crippen LogP contribution in [0, 0.1) is 17.5 Å². The third-order valence-electron chi connectivity index (χ3n) is 4.69. The van der Waals surface area contributed by atoms with Crippen molar-refractivity contribution in [3.05, 3.63) is 41.3 Å². The second-order valence-electron chi connectivity index (χ2n) is 6.77. The van der Waals surface area contributed by atoms with E-state index >= 15 is 0 Å². The molecule has 1 aromatic carbocycles. The molecule has 0 amide bonds. The number of anilines is 3. The molecule has 2 aliphatic carbocycles. The molecule has 0 atom stereocenters. The molecule has 4 rings (SSSR count). The summed E-state index contributed by atoms with van der Waals surface area (Å²) in [4.78, 5) is 8.90. The van der Waals surface area contributed by atoms with E-state index in [4.69, 9.17) is 0 Å². The Balaban J connectivity index is 1.63. The average Bonchev–Trinajstić information content (AvgIpc) is 3.29. The number of nitrogens with one attached hydrogen (secondary N) is 2. The van der Waals surface area contributed by atoms with Gasteiger partial charge in [-0.25, -0.2) is 18.2 Å². The molecule has 0 spiro atoms. The van der Waals surface area contributed by atoms with E-state index in [-0.39, 0.29) is 0 Å². The van der Waals surface area contributed by atoms with Crippen molar-refractivity contribution in [3.8, 4) is 0 Å². The van der Waals surface area contributed by atoms with Crippen LogP contribution < -0.4 is 10.6 Å². The fraction of sp³-hybridized carbons (Fsp3) is 0.444. The fourth-order valence-corrected chi connectivity index (χ4v) is 3.23. The van der Waals surface area contributed by atoms with Crippen LogP contribution in [-0.2, 0) is 0 Å². The third kappa shape index (κ3) is 3.70. The molecule has 1 aromatic heterocycles. The average molecular weight is 348 g/mol. The van der Waals surface area contributed by atoms with Gasteiger partial charge in [-0.2, -0.15) is 4.98 Å². The molecule has 0 saturated heterocycles. The van der Waals surface area contributed by atoms with Crippen molar-refractivity contribution >= 4 is 17.5 Å². The van der Waals surface area contributed by atoms with Crippen molar-refractivity contribution < 1.29 is 13.2 Å². The molecule has 4 nitrogen and oxygen atoms in total. The van der Waals surface area contributed by atoms with Crippen molar-refractivity contribution in [2.24, 2.45) is 0 Å². The van der Waals surface area contributed by atoms with Gasteiger partial charge in [0.25, 0.3) is 0 Å². The highest BCUT2D eigenvalue weighted by molar-refractivity contribution is 5.59. The fourth-order valence-electron chi connectivity index (χ4n) is 3.23. The van der Waals surface area contributed by atoms with E-state index in [0.717, 1.165) is 31.4 Å². The largest absolute Gasteiger partial charge is 0.351 e. The van der Waals surface area contributed by atoms with Gasteiger partial charge in [0.1, 0.15) is 17.3 Å². The zero-order chi connectivity index (χ0) is 17.4. The lowest BCUT2D eigenvalue weighted by Gasteiger charge is -2.15. The third-order valence-corrected chi connectivity index (χ3v) is 4.69. The quantitative estimate of drug-likeness (QED) is 0.809. The second kappa shape index (κ2) is 6.54. The summed E-state index contributed by atoms with van der Waals surface area (Å²) in [5, 5.41) is 5.97. The maximum Gasteiger partial charge on any atom is 0.225 e. The Kier molecular flexibility index (Phi) is 4.23. The minimum absolute atomic E-state index is 0.307. The Hall–Kier alpha value is -2.31. The summed E-state index contributed by atoms with van der Waals surface area (Å²) in [6, 6.07) is 3.33. The molecule has 2 aliphatic rings.